The topological polar surface area (TPSA) is 49.8 Å². The molecule has 192 valence electrons. The molecule has 2 N–H and O–H groups in total. The van der Waals surface area contributed by atoms with Gasteiger partial charge in [-0.2, -0.15) is 0 Å². The molecule has 0 spiro atoms. The van der Waals surface area contributed by atoms with Crippen molar-refractivity contribution in [3.05, 3.63) is 103 Å². The summed E-state index contributed by atoms with van der Waals surface area (Å²) in [5, 5.41) is 8.65. The van der Waals surface area contributed by atoms with Gasteiger partial charge >= 0.3 is 0 Å². The Kier molecular flexibility index (Phi) is 5.01. The second-order valence-electron chi connectivity index (χ2n) is 11.7. The summed E-state index contributed by atoms with van der Waals surface area (Å²) in [6, 6.07) is 32.6. The Morgan fingerprint density at radius 1 is 0.700 bits per heavy atom. The third-order valence-electron chi connectivity index (χ3n) is 8.10. The highest BCUT2D eigenvalue weighted by molar-refractivity contribution is 7.21. The minimum Gasteiger partial charge on any atom is -0.356 e. The number of anilines is 4. The number of hydrogen-bond acceptors (Lipinski definition) is 5. The lowest BCUT2D eigenvalue weighted by molar-refractivity contribution is 0.591. The van der Waals surface area contributed by atoms with Crippen molar-refractivity contribution in [1.29, 1.82) is 0 Å². The number of aromatic nitrogens is 2. The highest BCUT2D eigenvalue weighted by Gasteiger charge is 2.39. The van der Waals surface area contributed by atoms with Gasteiger partial charge in [-0.1, -0.05) is 57.2 Å². The SMILES string of the molecule is CC(C)(C)c1cc2c3c(c1)Nc1ccc(-c4nc5ccccc5s4)cc1B3c1cc(-c3ccccn3)ccc1N2. The third kappa shape index (κ3) is 3.67. The van der Waals surface area contributed by atoms with Gasteiger partial charge in [0.1, 0.15) is 5.01 Å². The Balaban J connectivity index is 1.35. The van der Waals surface area contributed by atoms with Gasteiger partial charge in [0.2, 0.25) is 0 Å². The van der Waals surface area contributed by atoms with E-state index in [-0.39, 0.29) is 12.1 Å². The molecule has 0 aliphatic carbocycles. The lowest BCUT2D eigenvalue weighted by atomic mass is 9.33. The van der Waals surface area contributed by atoms with Gasteiger partial charge in [0.15, 0.2) is 0 Å². The molecule has 4 nitrogen and oxygen atoms in total. The van der Waals surface area contributed by atoms with Crippen molar-refractivity contribution in [2.24, 2.45) is 0 Å². The van der Waals surface area contributed by atoms with E-state index in [4.69, 9.17) is 4.98 Å². The average molecular weight is 534 g/mol. The Hall–Kier alpha value is -4.42. The summed E-state index contributed by atoms with van der Waals surface area (Å²) in [5.74, 6) is 0. The van der Waals surface area contributed by atoms with Crippen LogP contribution < -0.4 is 27.0 Å². The second kappa shape index (κ2) is 8.54. The maximum atomic E-state index is 4.97. The Labute approximate surface area is 238 Å². The predicted molar refractivity (Wildman–Crippen MR) is 171 cm³/mol. The number of pyridine rings is 1. The smallest absolute Gasteiger partial charge is 0.252 e. The fourth-order valence-corrected chi connectivity index (χ4v) is 6.99. The quantitative estimate of drug-likeness (QED) is 0.236. The molecule has 2 aromatic heterocycles. The molecule has 0 saturated heterocycles. The van der Waals surface area contributed by atoms with Gasteiger partial charge in [-0.3, -0.25) is 4.98 Å². The molecule has 2 aliphatic heterocycles. The number of hydrogen-bond donors (Lipinski definition) is 2. The Morgan fingerprint density at radius 3 is 2.05 bits per heavy atom. The van der Waals surface area contributed by atoms with Crippen LogP contribution in [0.15, 0.2) is 97.2 Å². The van der Waals surface area contributed by atoms with Gasteiger partial charge < -0.3 is 10.6 Å². The summed E-state index contributed by atoms with van der Waals surface area (Å²) in [6.07, 6.45) is 1.86. The van der Waals surface area contributed by atoms with Crippen LogP contribution in [0.1, 0.15) is 26.3 Å². The lowest BCUT2D eigenvalue weighted by Gasteiger charge is -2.36. The molecule has 6 aromatic rings. The van der Waals surface area contributed by atoms with Crippen LogP contribution >= 0.6 is 11.3 Å². The zero-order valence-corrected chi connectivity index (χ0v) is 23.4. The van der Waals surface area contributed by atoms with Gasteiger partial charge in [0.05, 0.1) is 15.9 Å². The monoisotopic (exact) mass is 534 g/mol. The van der Waals surface area contributed by atoms with E-state index in [2.05, 4.69) is 115 Å². The maximum Gasteiger partial charge on any atom is 0.252 e. The van der Waals surface area contributed by atoms with E-state index in [1.165, 1.54) is 38.0 Å². The van der Waals surface area contributed by atoms with Gasteiger partial charge in [-0.15, -0.1) is 11.3 Å². The van der Waals surface area contributed by atoms with E-state index in [9.17, 15) is 0 Å². The molecule has 0 fully saturated rings. The van der Waals surface area contributed by atoms with E-state index in [1.54, 1.807) is 11.3 Å². The first-order chi connectivity index (χ1) is 19.4. The molecule has 0 amide bonds. The number of nitrogens with zero attached hydrogens (tertiary/aromatic N) is 2. The molecule has 6 heteroatoms. The number of nitrogens with one attached hydrogen (secondary N) is 2. The van der Waals surface area contributed by atoms with E-state index in [0.29, 0.717) is 0 Å². The zero-order chi connectivity index (χ0) is 27.0. The van der Waals surface area contributed by atoms with Crippen molar-refractivity contribution in [3.8, 4) is 21.8 Å². The van der Waals surface area contributed by atoms with Crippen molar-refractivity contribution >= 4 is 67.4 Å². The highest BCUT2D eigenvalue weighted by atomic mass is 32.1. The molecular weight excluding hydrogens is 507 g/mol. The molecule has 4 heterocycles. The predicted octanol–water partition coefficient (Wildman–Crippen LogP) is 6.95. The normalized spacial score (nSPS) is 13.2. The zero-order valence-electron chi connectivity index (χ0n) is 22.6. The van der Waals surface area contributed by atoms with Crippen LogP contribution in [0.3, 0.4) is 0 Å². The largest absolute Gasteiger partial charge is 0.356 e. The minimum atomic E-state index is 0.0322. The van der Waals surface area contributed by atoms with Gasteiger partial charge in [-0.25, -0.2) is 4.98 Å². The molecule has 0 radical (unpaired) electrons. The van der Waals surface area contributed by atoms with Crippen molar-refractivity contribution in [2.75, 3.05) is 10.6 Å². The molecule has 8 rings (SSSR count). The summed E-state index contributed by atoms with van der Waals surface area (Å²) in [7, 11) is 0. The van der Waals surface area contributed by atoms with Gasteiger partial charge in [0.25, 0.3) is 6.71 Å². The van der Waals surface area contributed by atoms with E-state index in [1.807, 2.05) is 18.3 Å². The number of fused-ring (bicyclic) bond motifs is 5. The maximum absolute atomic E-state index is 4.97. The Bertz CT molecular complexity index is 1910. The van der Waals surface area contributed by atoms with Crippen LogP contribution in [0.5, 0.6) is 0 Å². The molecular formula is C34H27BN4S. The average Bonchev–Trinajstić information content (AvgIpc) is 3.41. The fourth-order valence-electron chi connectivity index (χ4n) is 6.03. The number of thiazole rings is 1. The van der Waals surface area contributed by atoms with Gasteiger partial charge in [-0.05, 0) is 87.5 Å². The van der Waals surface area contributed by atoms with Crippen LogP contribution in [0.25, 0.3) is 32.0 Å². The Morgan fingerprint density at radius 2 is 1.38 bits per heavy atom. The molecule has 2 aliphatic rings. The minimum absolute atomic E-state index is 0.0322. The van der Waals surface area contributed by atoms with Crippen LogP contribution in [0, 0.1) is 0 Å². The van der Waals surface area contributed by atoms with E-state index in [0.717, 1.165) is 38.7 Å². The molecule has 4 aromatic carbocycles. The molecule has 0 bridgehead atoms. The number of benzene rings is 4. The first kappa shape index (κ1) is 23.5. The fraction of sp³-hybridized carbons (Fsp3) is 0.118. The summed E-state index contributed by atoms with van der Waals surface area (Å²) in [5.41, 5.74) is 14.1. The van der Waals surface area contributed by atoms with Crippen LogP contribution in [-0.4, -0.2) is 16.7 Å². The lowest BCUT2D eigenvalue weighted by Crippen LogP contribution is -2.59. The first-order valence-corrected chi connectivity index (χ1v) is 14.5. The summed E-state index contributed by atoms with van der Waals surface area (Å²) >= 11 is 1.75. The number of para-hydroxylation sites is 1. The van der Waals surface area contributed by atoms with E-state index >= 15 is 0 Å². The van der Waals surface area contributed by atoms with Crippen molar-refractivity contribution in [1.82, 2.24) is 9.97 Å². The third-order valence-corrected chi connectivity index (χ3v) is 9.19. The van der Waals surface area contributed by atoms with Gasteiger partial charge in [0, 0.05) is 34.5 Å². The van der Waals surface area contributed by atoms with Crippen LogP contribution in [0.2, 0.25) is 0 Å². The molecule has 0 saturated carbocycles. The summed E-state index contributed by atoms with van der Waals surface area (Å²) in [4.78, 5) is 9.62. The van der Waals surface area contributed by atoms with Crippen molar-refractivity contribution in [3.63, 3.8) is 0 Å². The summed E-state index contributed by atoms with van der Waals surface area (Å²) in [6.45, 7) is 6.91. The summed E-state index contributed by atoms with van der Waals surface area (Å²) < 4.78 is 1.21. The van der Waals surface area contributed by atoms with E-state index < -0.39 is 0 Å². The van der Waals surface area contributed by atoms with Crippen molar-refractivity contribution in [2.45, 2.75) is 26.2 Å². The molecule has 0 unspecified atom stereocenters. The van der Waals surface area contributed by atoms with Crippen molar-refractivity contribution < 1.29 is 0 Å². The molecule has 0 atom stereocenters. The van der Waals surface area contributed by atoms with Crippen LogP contribution in [0.4, 0.5) is 22.7 Å². The number of rotatable bonds is 2. The second-order valence-corrected chi connectivity index (χ2v) is 12.8. The standard InChI is InChI=1S/C34H27BN4S/c1-34(2,3)22-18-29-32-30(19-22)38-27-14-12-21(33-39-28-9-4-5-10-31(28)40-33)17-24(27)35(32)23-16-20(11-13-26(23)37-29)25-8-6-7-15-36-25/h4-19,37-38H,1-3H3. The molecule has 40 heavy (non-hydrogen) atoms. The highest BCUT2D eigenvalue weighted by Crippen LogP contribution is 2.37. The van der Waals surface area contributed by atoms with Crippen LogP contribution in [-0.2, 0) is 5.41 Å². The first-order valence-electron chi connectivity index (χ1n) is 13.7.